The van der Waals surface area contributed by atoms with Crippen LogP contribution in [0, 0.1) is 0 Å². The van der Waals surface area contributed by atoms with Crippen LogP contribution in [0.25, 0.3) is 0 Å². The van der Waals surface area contributed by atoms with E-state index in [0.29, 0.717) is 14.7 Å². The van der Waals surface area contributed by atoms with Crippen LogP contribution in [0.15, 0.2) is 25.6 Å². The maximum absolute atomic E-state index is 11.5. The maximum atomic E-state index is 11.5. The van der Waals surface area contributed by atoms with E-state index in [1.807, 2.05) is 0 Å². The Balaban J connectivity index is 2.62. The molecule has 4 nitrogen and oxygen atoms in total. The fourth-order valence-corrected chi connectivity index (χ4v) is 3.59. The Bertz CT molecular complexity index is 450. The van der Waals surface area contributed by atoms with E-state index in [2.05, 4.69) is 47.8 Å². The molecule has 0 amide bonds. The lowest BCUT2D eigenvalue weighted by Crippen LogP contribution is -2.22. The van der Waals surface area contributed by atoms with Crippen molar-refractivity contribution in [1.82, 2.24) is 0 Å². The van der Waals surface area contributed by atoms with Gasteiger partial charge in [0, 0.05) is 16.9 Å². The Morgan fingerprint density at radius 1 is 1.11 bits per heavy atom. The Morgan fingerprint density at radius 3 is 2.17 bits per heavy atom. The van der Waals surface area contributed by atoms with E-state index >= 15 is 0 Å². The molecule has 0 aromatic heterocycles. The minimum absolute atomic E-state index is 0.0307. The molecule has 0 bridgehead atoms. The summed E-state index contributed by atoms with van der Waals surface area (Å²) in [7, 11) is 0. The molecule has 1 aromatic rings. The summed E-state index contributed by atoms with van der Waals surface area (Å²) in [5.74, 6) is -1.29. The third-order valence-electron chi connectivity index (χ3n) is 1.94. The normalized spacial score (nSPS) is 10.2. The molecule has 0 N–H and O–H groups in total. The van der Waals surface area contributed by atoms with Gasteiger partial charge in [-0.1, -0.05) is 15.9 Å². The van der Waals surface area contributed by atoms with E-state index in [9.17, 15) is 14.7 Å². The number of halogens is 3. The molecule has 0 radical (unpaired) electrons. The van der Waals surface area contributed by atoms with E-state index in [1.54, 1.807) is 12.1 Å². The fraction of sp³-hybridized carbons (Fsp3) is 0.273. The zero-order chi connectivity index (χ0) is 13.7. The molecule has 98 valence electrons. The molecule has 0 saturated carbocycles. The molecule has 0 aliphatic rings. The monoisotopic (exact) mass is 441 g/mol. The van der Waals surface area contributed by atoms with Crippen LogP contribution in [-0.2, 0) is 9.59 Å². The molecule has 0 aliphatic heterocycles. The van der Waals surface area contributed by atoms with Gasteiger partial charge in [-0.3, -0.25) is 4.79 Å². The molecule has 1 rings (SSSR count). The van der Waals surface area contributed by atoms with Crippen molar-refractivity contribution >= 4 is 59.7 Å². The van der Waals surface area contributed by atoms with Crippen molar-refractivity contribution in [2.24, 2.45) is 0 Å². The van der Waals surface area contributed by atoms with Crippen LogP contribution in [0.4, 0.5) is 0 Å². The van der Waals surface area contributed by atoms with Gasteiger partial charge >= 0.3 is 5.97 Å². The second-order valence-electron chi connectivity index (χ2n) is 3.40. The van der Waals surface area contributed by atoms with Crippen LogP contribution in [0.2, 0.25) is 0 Å². The molecule has 0 saturated heterocycles. The summed E-state index contributed by atoms with van der Waals surface area (Å²) < 4.78 is 7.22. The number of carbonyl (C=O) groups is 2. The number of ether oxygens (including phenoxy) is 1. The van der Waals surface area contributed by atoms with Gasteiger partial charge in [0.25, 0.3) is 0 Å². The summed E-state index contributed by atoms with van der Waals surface area (Å²) >= 11 is 9.85. The SMILES string of the molecule is O=C([O-])CCCC(=O)Oc1c(Br)cc(Br)cc1Br. The van der Waals surface area contributed by atoms with Gasteiger partial charge in [-0.05, 0) is 56.8 Å². The smallest absolute Gasteiger partial charge is 0.311 e. The summed E-state index contributed by atoms with van der Waals surface area (Å²) in [6.07, 6.45) is 0.0770. The predicted molar refractivity (Wildman–Crippen MR) is 74.0 cm³/mol. The van der Waals surface area contributed by atoms with Crippen LogP contribution in [0.1, 0.15) is 19.3 Å². The van der Waals surface area contributed by atoms with Crippen molar-refractivity contribution in [3.05, 3.63) is 25.6 Å². The minimum atomic E-state index is -1.17. The number of hydrogen-bond donors (Lipinski definition) is 0. The zero-order valence-corrected chi connectivity index (χ0v) is 13.8. The van der Waals surface area contributed by atoms with E-state index in [-0.39, 0.29) is 19.3 Å². The van der Waals surface area contributed by atoms with Gasteiger partial charge in [-0.25, -0.2) is 0 Å². The largest absolute Gasteiger partial charge is 0.550 e. The van der Waals surface area contributed by atoms with Gasteiger partial charge in [-0.2, -0.15) is 0 Å². The Hall–Kier alpha value is -0.400. The number of aliphatic carboxylic acids is 1. The first-order valence-electron chi connectivity index (χ1n) is 4.95. The highest BCUT2D eigenvalue weighted by Crippen LogP contribution is 2.36. The standard InChI is InChI=1S/C11H9Br3O4/c12-6-4-7(13)11(8(14)5-6)18-10(17)3-1-2-9(15)16/h4-5H,1-3H2,(H,15,16)/p-1. The highest BCUT2D eigenvalue weighted by molar-refractivity contribution is 9.11. The lowest BCUT2D eigenvalue weighted by molar-refractivity contribution is -0.305. The quantitative estimate of drug-likeness (QED) is 0.518. The molecular weight excluding hydrogens is 436 g/mol. The summed E-state index contributed by atoms with van der Waals surface area (Å²) in [4.78, 5) is 21.7. The summed E-state index contributed by atoms with van der Waals surface area (Å²) in [6, 6.07) is 3.49. The number of carbonyl (C=O) groups excluding carboxylic acids is 2. The molecule has 18 heavy (non-hydrogen) atoms. The van der Waals surface area contributed by atoms with Gasteiger partial charge in [0.2, 0.25) is 0 Å². The Kier molecular flexibility index (Phi) is 6.31. The summed E-state index contributed by atoms with van der Waals surface area (Å²) in [5.41, 5.74) is 0. The van der Waals surface area contributed by atoms with Crippen molar-refractivity contribution in [2.45, 2.75) is 19.3 Å². The lowest BCUT2D eigenvalue weighted by Gasteiger charge is -2.09. The zero-order valence-electron chi connectivity index (χ0n) is 9.04. The highest BCUT2D eigenvalue weighted by Gasteiger charge is 2.12. The molecule has 0 unspecified atom stereocenters. The second-order valence-corrected chi connectivity index (χ2v) is 6.02. The topological polar surface area (TPSA) is 66.4 Å². The van der Waals surface area contributed by atoms with Gasteiger partial charge < -0.3 is 14.6 Å². The molecule has 0 atom stereocenters. The van der Waals surface area contributed by atoms with Crippen LogP contribution in [-0.4, -0.2) is 11.9 Å². The van der Waals surface area contributed by atoms with Crippen LogP contribution < -0.4 is 9.84 Å². The Labute approximate surface area is 129 Å². The summed E-state index contributed by atoms with van der Waals surface area (Å²) in [6.45, 7) is 0. The van der Waals surface area contributed by atoms with Crippen LogP contribution in [0.5, 0.6) is 5.75 Å². The molecular formula is C11H8Br3O4-. The molecule has 0 heterocycles. The lowest BCUT2D eigenvalue weighted by atomic mass is 10.2. The number of esters is 1. The minimum Gasteiger partial charge on any atom is -0.550 e. The number of rotatable bonds is 5. The van der Waals surface area contributed by atoms with Crippen LogP contribution >= 0.6 is 47.8 Å². The molecule has 0 fully saturated rings. The van der Waals surface area contributed by atoms with Crippen molar-refractivity contribution in [1.29, 1.82) is 0 Å². The van der Waals surface area contributed by atoms with Crippen molar-refractivity contribution in [2.75, 3.05) is 0 Å². The first-order chi connectivity index (χ1) is 8.40. The molecule has 0 spiro atoms. The van der Waals surface area contributed by atoms with Gasteiger partial charge in [0.05, 0.1) is 8.95 Å². The number of carboxylic acids is 1. The molecule has 0 aliphatic carbocycles. The first kappa shape index (κ1) is 15.7. The second kappa shape index (κ2) is 7.25. The number of benzene rings is 1. The van der Waals surface area contributed by atoms with Crippen molar-refractivity contribution in [3.63, 3.8) is 0 Å². The van der Waals surface area contributed by atoms with Crippen molar-refractivity contribution < 1.29 is 19.4 Å². The van der Waals surface area contributed by atoms with E-state index in [4.69, 9.17) is 4.74 Å². The third-order valence-corrected chi connectivity index (χ3v) is 3.58. The van der Waals surface area contributed by atoms with Gasteiger partial charge in [-0.15, -0.1) is 0 Å². The molecule has 1 aromatic carbocycles. The molecule has 7 heteroatoms. The van der Waals surface area contributed by atoms with Gasteiger partial charge in [0.15, 0.2) is 5.75 Å². The predicted octanol–water partition coefficient (Wildman–Crippen LogP) is 2.80. The van der Waals surface area contributed by atoms with Gasteiger partial charge in [0.1, 0.15) is 0 Å². The highest BCUT2D eigenvalue weighted by atomic mass is 79.9. The van der Waals surface area contributed by atoms with E-state index < -0.39 is 11.9 Å². The van der Waals surface area contributed by atoms with E-state index in [1.165, 1.54) is 0 Å². The maximum Gasteiger partial charge on any atom is 0.311 e. The van der Waals surface area contributed by atoms with Crippen molar-refractivity contribution in [3.8, 4) is 5.75 Å². The van der Waals surface area contributed by atoms with Crippen LogP contribution in [0.3, 0.4) is 0 Å². The fourth-order valence-electron chi connectivity index (χ4n) is 1.17. The average molecular weight is 444 g/mol. The van der Waals surface area contributed by atoms with E-state index in [0.717, 1.165) is 4.47 Å². The summed E-state index contributed by atoms with van der Waals surface area (Å²) in [5, 5.41) is 10.2. The third kappa shape index (κ3) is 5.07. The Morgan fingerprint density at radius 2 is 1.67 bits per heavy atom. The first-order valence-corrected chi connectivity index (χ1v) is 7.33. The number of carboxylic acid groups (broad SMARTS) is 1. The number of hydrogen-bond acceptors (Lipinski definition) is 4. The average Bonchev–Trinajstić information content (AvgIpc) is 2.22.